The molecule has 2 aliphatic heterocycles. The van der Waals surface area contributed by atoms with Gasteiger partial charge in [0, 0.05) is 19.3 Å². The molecular weight excluding hydrogens is 753 g/mol. The van der Waals surface area contributed by atoms with Crippen LogP contribution in [0.4, 0.5) is 0 Å². The Labute approximate surface area is 363 Å². The lowest BCUT2D eigenvalue weighted by Crippen LogP contribution is -2.64. The first-order chi connectivity index (χ1) is 28.9. The number of ether oxygens (including phenoxy) is 4. The zero-order valence-electron chi connectivity index (χ0n) is 38.6. The van der Waals surface area contributed by atoms with Crippen molar-refractivity contribution in [3.05, 3.63) is 23.3 Å². The van der Waals surface area contributed by atoms with E-state index in [-0.39, 0.29) is 59.8 Å². The Hall–Kier alpha value is -2.48. The summed E-state index contributed by atoms with van der Waals surface area (Å²) < 4.78 is 24.7. The molecule has 0 aromatic rings. The average molecular weight is 835 g/mol. The van der Waals surface area contributed by atoms with Gasteiger partial charge >= 0.3 is 17.9 Å². The Morgan fingerprint density at radius 3 is 1.97 bits per heavy atom. The molecule has 11 atom stereocenters. The van der Waals surface area contributed by atoms with Gasteiger partial charge in [0.1, 0.15) is 18.3 Å². The number of unbranched alkanes of at least 4 members (excludes halogenated alkanes) is 16. The molecule has 0 radical (unpaired) electrons. The molecule has 0 aromatic carbocycles. The van der Waals surface area contributed by atoms with Crippen molar-refractivity contribution < 1.29 is 38.1 Å². The maximum absolute atomic E-state index is 14.1. The maximum atomic E-state index is 14.1. The molecule has 0 aromatic heterocycles. The molecule has 0 amide bonds. The number of esters is 3. The fourth-order valence-electron chi connectivity index (χ4n) is 13.4. The van der Waals surface area contributed by atoms with E-state index >= 15 is 0 Å². The molecule has 2 heterocycles. The lowest BCUT2D eigenvalue weighted by atomic mass is 9.44. The number of cyclic esters (lactones) is 1. The highest BCUT2D eigenvalue weighted by Crippen LogP contribution is 2.73. The van der Waals surface area contributed by atoms with Gasteiger partial charge in [0.15, 0.2) is 11.9 Å². The Morgan fingerprint density at radius 1 is 0.783 bits per heavy atom. The molecule has 1 spiro atoms. The third kappa shape index (κ3) is 9.99. The molecule has 6 rings (SSSR count). The largest absolute Gasteiger partial charge is 0.461 e. The first kappa shape index (κ1) is 47.0. The van der Waals surface area contributed by atoms with Gasteiger partial charge in [-0.05, 0) is 106 Å². The molecule has 0 unspecified atom stereocenters. The zero-order chi connectivity index (χ0) is 42.9. The Bertz CT molecular complexity index is 1550. The van der Waals surface area contributed by atoms with E-state index in [0.29, 0.717) is 42.6 Å². The standard InChI is InChI=1S/C52H82O8/c1-7-9-11-13-15-17-19-21-23-25-47(54)57-35-39-36(3)33-43(58-49(39)56)37(4)40-27-28-41-38-34-46-52(60-46)45(59-48(55)26-24-22-20-18-16-14-12-10-8-2)30-29-44(53)51(52,6)42(38)31-32-50(40,41)5/h29-30,37-38,40-43,45-46H,7-28,31-35H2,1-6H3/t37-,38-,40+,41-,42-,43+,45-,46+,50+,51-,52+/m0/s1. The second-order valence-electron chi connectivity index (χ2n) is 20.7. The van der Waals surface area contributed by atoms with Crippen LogP contribution >= 0.6 is 0 Å². The first-order valence-corrected chi connectivity index (χ1v) is 25.1. The fourth-order valence-corrected chi connectivity index (χ4v) is 13.4. The lowest BCUT2D eigenvalue weighted by molar-refractivity contribution is -0.167. The van der Waals surface area contributed by atoms with Crippen molar-refractivity contribution >= 4 is 23.7 Å². The molecule has 8 nitrogen and oxygen atoms in total. The summed E-state index contributed by atoms with van der Waals surface area (Å²) >= 11 is 0. The molecule has 0 N–H and O–H groups in total. The highest BCUT2D eigenvalue weighted by molar-refractivity contribution is 5.98. The number of hydrogen-bond acceptors (Lipinski definition) is 8. The Kier molecular flexibility index (Phi) is 16.7. The molecule has 60 heavy (non-hydrogen) atoms. The van der Waals surface area contributed by atoms with Crippen LogP contribution < -0.4 is 0 Å². The molecule has 8 heteroatoms. The van der Waals surface area contributed by atoms with Gasteiger partial charge in [-0.25, -0.2) is 4.79 Å². The van der Waals surface area contributed by atoms with Gasteiger partial charge in [-0.15, -0.1) is 0 Å². The Balaban J connectivity index is 0.985. The summed E-state index contributed by atoms with van der Waals surface area (Å²) in [7, 11) is 0. The highest BCUT2D eigenvalue weighted by Gasteiger charge is 2.81. The molecule has 338 valence electrons. The number of carbonyl (C=O) groups excluding carboxylic acids is 4. The van der Waals surface area contributed by atoms with Crippen LogP contribution in [0.15, 0.2) is 23.3 Å². The van der Waals surface area contributed by atoms with Crippen LogP contribution in [0.3, 0.4) is 0 Å². The average Bonchev–Trinajstić information content (AvgIpc) is 3.85. The summed E-state index contributed by atoms with van der Waals surface area (Å²) in [5.74, 6) is 0.908. The van der Waals surface area contributed by atoms with Crippen LogP contribution in [-0.2, 0) is 38.1 Å². The summed E-state index contributed by atoms with van der Waals surface area (Å²) in [4.78, 5) is 53.3. The van der Waals surface area contributed by atoms with E-state index in [1.54, 1.807) is 6.08 Å². The number of hydrogen-bond donors (Lipinski definition) is 0. The minimum atomic E-state index is -0.757. The lowest BCUT2D eigenvalue weighted by Gasteiger charge is -2.58. The SMILES string of the molecule is CCCCCCCCCCCC(=O)OCC1=C(C)C[C@H]([C@@H](C)[C@H]2CC[C@H]3[C@@H]4C[C@H]5O[C@]56[C@@H](OC(=O)CCCCCCCCCCC)C=CC(=O)[C@]6(C)[C@H]4CC[C@]23C)OC1=O. The van der Waals surface area contributed by atoms with Gasteiger partial charge in [-0.1, -0.05) is 136 Å². The topological polar surface area (TPSA) is 108 Å². The van der Waals surface area contributed by atoms with E-state index in [9.17, 15) is 19.2 Å². The minimum Gasteiger partial charge on any atom is -0.461 e. The molecular formula is C52H82O8. The summed E-state index contributed by atoms with van der Waals surface area (Å²) in [6.07, 6.45) is 30.7. The Morgan fingerprint density at radius 2 is 1.37 bits per heavy atom. The molecule has 3 saturated carbocycles. The summed E-state index contributed by atoms with van der Waals surface area (Å²) in [5, 5.41) is 0. The number of fused-ring (bicyclic) bond motifs is 4. The second kappa shape index (κ2) is 21.3. The van der Waals surface area contributed by atoms with Gasteiger partial charge in [0.25, 0.3) is 0 Å². The predicted octanol–water partition coefficient (Wildman–Crippen LogP) is 12.3. The molecule has 4 aliphatic carbocycles. The third-order valence-corrected chi connectivity index (χ3v) is 17.0. The second-order valence-corrected chi connectivity index (χ2v) is 20.7. The van der Waals surface area contributed by atoms with Crippen molar-refractivity contribution in [2.75, 3.05) is 6.61 Å². The van der Waals surface area contributed by atoms with E-state index < -0.39 is 17.1 Å². The van der Waals surface area contributed by atoms with Gasteiger partial charge < -0.3 is 18.9 Å². The van der Waals surface area contributed by atoms with Crippen LogP contribution in [0.2, 0.25) is 0 Å². The number of ketones is 1. The molecule has 6 aliphatic rings. The first-order valence-electron chi connectivity index (χ1n) is 25.1. The van der Waals surface area contributed by atoms with Gasteiger partial charge in [0.2, 0.25) is 0 Å². The molecule has 0 bridgehead atoms. The third-order valence-electron chi connectivity index (χ3n) is 17.0. The van der Waals surface area contributed by atoms with Crippen molar-refractivity contribution in [2.45, 2.75) is 232 Å². The van der Waals surface area contributed by atoms with Crippen molar-refractivity contribution in [2.24, 2.45) is 40.4 Å². The molecule has 4 fully saturated rings. The van der Waals surface area contributed by atoms with Crippen molar-refractivity contribution in [1.82, 2.24) is 0 Å². The van der Waals surface area contributed by atoms with Crippen molar-refractivity contribution in [3.8, 4) is 0 Å². The fraction of sp³-hybridized carbons (Fsp3) is 0.846. The minimum absolute atomic E-state index is 0.00884. The van der Waals surface area contributed by atoms with E-state index in [1.807, 2.05) is 13.0 Å². The van der Waals surface area contributed by atoms with Gasteiger partial charge in [-0.3, -0.25) is 14.4 Å². The smallest absolute Gasteiger partial charge is 0.337 e. The van der Waals surface area contributed by atoms with Crippen LogP contribution in [0, 0.1) is 40.4 Å². The van der Waals surface area contributed by atoms with Crippen LogP contribution in [-0.4, -0.2) is 54.2 Å². The van der Waals surface area contributed by atoms with Crippen LogP contribution in [0.1, 0.15) is 208 Å². The number of allylic oxidation sites excluding steroid dienone is 1. The molecule has 1 saturated heterocycles. The van der Waals surface area contributed by atoms with Crippen LogP contribution in [0.5, 0.6) is 0 Å². The van der Waals surface area contributed by atoms with Crippen molar-refractivity contribution in [3.63, 3.8) is 0 Å². The van der Waals surface area contributed by atoms with E-state index in [1.165, 1.54) is 77.0 Å². The number of rotatable bonds is 25. The van der Waals surface area contributed by atoms with Crippen molar-refractivity contribution in [1.29, 1.82) is 0 Å². The summed E-state index contributed by atoms with van der Waals surface area (Å²) in [6, 6.07) is 0. The highest BCUT2D eigenvalue weighted by atomic mass is 16.7. The number of epoxide rings is 1. The summed E-state index contributed by atoms with van der Waals surface area (Å²) in [6.45, 7) is 13.3. The predicted molar refractivity (Wildman–Crippen MR) is 236 cm³/mol. The monoisotopic (exact) mass is 835 g/mol. The quantitative estimate of drug-likeness (QED) is 0.0387. The number of carbonyl (C=O) groups is 4. The van der Waals surface area contributed by atoms with E-state index in [0.717, 1.165) is 76.2 Å². The van der Waals surface area contributed by atoms with Gasteiger partial charge in [-0.2, -0.15) is 0 Å². The van der Waals surface area contributed by atoms with Crippen LogP contribution in [0.25, 0.3) is 0 Å². The van der Waals surface area contributed by atoms with Gasteiger partial charge in [0.05, 0.1) is 17.1 Å². The zero-order valence-corrected chi connectivity index (χ0v) is 38.6. The van der Waals surface area contributed by atoms with E-state index in [4.69, 9.17) is 18.9 Å². The summed E-state index contributed by atoms with van der Waals surface area (Å²) in [5.41, 5.74) is 0.0496. The normalized spacial score (nSPS) is 34.6. The maximum Gasteiger partial charge on any atom is 0.337 e. The van der Waals surface area contributed by atoms with E-state index in [2.05, 4.69) is 34.6 Å².